The van der Waals surface area contributed by atoms with Crippen LogP contribution in [0.3, 0.4) is 0 Å². The van der Waals surface area contributed by atoms with E-state index in [0.29, 0.717) is 11.2 Å². The zero-order chi connectivity index (χ0) is 18.2. The van der Waals surface area contributed by atoms with Crippen molar-refractivity contribution in [3.05, 3.63) is 59.9 Å². The van der Waals surface area contributed by atoms with E-state index in [1.54, 1.807) is 0 Å². The molecule has 1 aliphatic rings. The zero-order valence-corrected chi connectivity index (χ0v) is 15.7. The summed E-state index contributed by atoms with van der Waals surface area (Å²) in [6.07, 6.45) is 7.05. The average molecular weight is 373 g/mol. The van der Waals surface area contributed by atoms with Gasteiger partial charge >= 0.3 is 0 Å². The van der Waals surface area contributed by atoms with Crippen molar-refractivity contribution in [3.63, 3.8) is 0 Å². The summed E-state index contributed by atoms with van der Waals surface area (Å²) in [5.41, 5.74) is 2.07. The molecule has 0 bridgehead atoms. The first-order chi connectivity index (χ1) is 12.7. The number of aryl methyl sites for hydroxylation is 1. The number of thiocarbonyl (C=S) groups is 1. The summed E-state index contributed by atoms with van der Waals surface area (Å²) < 4.78 is 18.8. The third-order valence-corrected chi connectivity index (χ3v) is 4.80. The van der Waals surface area contributed by atoms with Crippen molar-refractivity contribution >= 4 is 23.0 Å². The van der Waals surface area contributed by atoms with E-state index < -0.39 is 0 Å². The van der Waals surface area contributed by atoms with Crippen LogP contribution in [0.4, 0.5) is 10.1 Å². The Hall–Kier alpha value is -2.14. The first-order valence-corrected chi connectivity index (χ1v) is 9.66. The lowest BCUT2D eigenvalue weighted by Gasteiger charge is -2.14. The topological polar surface area (TPSA) is 33.3 Å². The molecule has 0 aromatic heterocycles. The fourth-order valence-electron chi connectivity index (χ4n) is 3.14. The van der Waals surface area contributed by atoms with Crippen molar-refractivity contribution < 1.29 is 9.13 Å². The molecule has 0 heterocycles. The van der Waals surface area contributed by atoms with E-state index in [9.17, 15) is 4.39 Å². The second-order valence-corrected chi connectivity index (χ2v) is 7.07. The Morgan fingerprint density at radius 3 is 2.42 bits per heavy atom. The van der Waals surface area contributed by atoms with Gasteiger partial charge in [-0.3, -0.25) is 0 Å². The maximum Gasteiger partial charge on any atom is 0.170 e. The highest BCUT2D eigenvalue weighted by Gasteiger charge is 2.16. The standard InChI is InChI=1S/C21H25FN2OS/c22-17-9-7-16(8-10-17)4-3-15-23-21(26)24-18-11-13-20(14-12-18)25-19-5-1-2-6-19/h7-14,19H,1-6,15H2,(H2,23,24,26). The van der Waals surface area contributed by atoms with Gasteiger partial charge in [-0.25, -0.2) is 4.39 Å². The third kappa shape index (κ3) is 5.99. The Kier molecular flexibility index (Phi) is 6.83. The van der Waals surface area contributed by atoms with E-state index in [-0.39, 0.29) is 5.82 Å². The molecular formula is C21H25FN2OS. The van der Waals surface area contributed by atoms with E-state index in [1.807, 2.05) is 36.4 Å². The SMILES string of the molecule is Fc1ccc(CCCNC(=S)Nc2ccc(OC3CCCC3)cc2)cc1. The summed E-state index contributed by atoms with van der Waals surface area (Å²) in [6.45, 7) is 0.770. The molecule has 0 amide bonds. The maximum atomic E-state index is 12.9. The third-order valence-electron chi connectivity index (χ3n) is 4.56. The van der Waals surface area contributed by atoms with E-state index in [1.165, 1.54) is 25.0 Å². The van der Waals surface area contributed by atoms with E-state index in [0.717, 1.165) is 49.2 Å². The van der Waals surface area contributed by atoms with Crippen molar-refractivity contribution in [1.82, 2.24) is 5.32 Å². The first-order valence-electron chi connectivity index (χ1n) is 9.25. The quantitative estimate of drug-likeness (QED) is 0.525. The number of rotatable bonds is 7. The van der Waals surface area contributed by atoms with Crippen LogP contribution in [-0.2, 0) is 6.42 Å². The summed E-state index contributed by atoms with van der Waals surface area (Å²) in [4.78, 5) is 0. The highest BCUT2D eigenvalue weighted by Crippen LogP contribution is 2.24. The number of nitrogens with one attached hydrogen (secondary N) is 2. The average Bonchev–Trinajstić information content (AvgIpc) is 3.15. The molecule has 2 aromatic carbocycles. The monoisotopic (exact) mass is 372 g/mol. The molecule has 0 unspecified atom stereocenters. The van der Waals surface area contributed by atoms with Gasteiger partial charge in [0.25, 0.3) is 0 Å². The lowest BCUT2D eigenvalue weighted by Crippen LogP contribution is -2.29. The van der Waals surface area contributed by atoms with Crippen LogP contribution in [0.15, 0.2) is 48.5 Å². The predicted molar refractivity (Wildman–Crippen MR) is 108 cm³/mol. The normalized spacial score (nSPS) is 14.2. The van der Waals surface area contributed by atoms with Crippen LogP contribution < -0.4 is 15.4 Å². The molecule has 1 aliphatic carbocycles. The molecule has 3 nitrogen and oxygen atoms in total. The molecule has 0 radical (unpaired) electrons. The van der Waals surface area contributed by atoms with Crippen LogP contribution >= 0.6 is 12.2 Å². The van der Waals surface area contributed by atoms with Gasteiger partial charge in [0.15, 0.2) is 5.11 Å². The van der Waals surface area contributed by atoms with Crippen LogP contribution in [0.2, 0.25) is 0 Å². The van der Waals surface area contributed by atoms with Crippen molar-refractivity contribution in [1.29, 1.82) is 0 Å². The number of hydrogen-bond acceptors (Lipinski definition) is 2. The number of anilines is 1. The molecule has 0 aliphatic heterocycles. The zero-order valence-electron chi connectivity index (χ0n) is 14.8. The van der Waals surface area contributed by atoms with Crippen LogP contribution in [0.1, 0.15) is 37.7 Å². The van der Waals surface area contributed by atoms with E-state index >= 15 is 0 Å². The molecule has 1 fully saturated rings. The second-order valence-electron chi connectivity index (χ2n) is 6.66. The second kappa shape index (κ2) is 9.53. The number of halogens is 1. The van der Waals surface area contributed by atoms with Gasteiger partial charge in [-0.15, -0.1) is 0 Å². The van der Waals surface area contributed by atoms with Crippen LogP contribution in [-0.4, -0.2) is 17.8 Å². The molecule has 3 rings (SSSR count). The van der Waals surface area contributed by atoms with Crippen LogP contribution in [0, 0.1) is 5.82 Å². The Morgan fingerprint density at radius 2 is 1.73 bits per heavy atom. The summed E-state index contributed by atoms with van der Waals surface area (Å²) in [5, 5.41) is 6.99. The lowest BCUT2D eigenvalue weighted by molar-refractivity contribution is 0.210. The predicted octanol–water partition coefficient (Wildman–Crippen LogP) is 5.07. The van der Waals surface area contributed by atoms with Crippen LogP contribution in [0.5, 0.6) is 5.75 Å². The summed E-state index contributed by atoms with van der Waals surface area (Å²) in [5.74, 6) is 0.720. The van der Waals surface area contributed by atoms with Gasteiger partial charge < -0.3 is 15.4 Å². The van der Waals surface area contributed by atoms with Gasteiger partial charge in [-0.1, -0.05) is 12.1 Å². The summed E-state index contributed by atoms with van der Waals surface area (Å²) >= 11 is 5.33. The Bertz CT molecular complexity index is 697. The molecule has 5 heteroatoms. The van der Waals surface area contributed by atoms with Crippen molar-refractivity contribution in [2.45, 2.75) is 44.6 Å². The maximum absolute atomic E-state index is 12.9. The molecule has 2 aromatic rings. The van der Waals surface area contributed by atoms with Gasteiger partial charge in [-0.2, -0.15) is 0 Å². The summed E-state index contributed by atoms with van der Waals surface area (Å²) in [6, 6.07) is 14.6. The van der Waals surface area contributed by atoms with Gasteiger partial charge in [-0.05, 0) is 92.7 Å². The molecule has 138 valence electrons. The molecule has 0 atom stereocenters. The fraction of sp³-hybridized carbons (Fsp3) is 0.381. The fourth-order valence-corrected chi connectivity index (χ4v) is 3.36. The molecule has 0 spiro atoms. The van der Waals surface area contributed by atoms with Gasteiger partial charge in [0, 0.05) is 12.2 Å². The highest BCUT2D eigenvalue weighted by molar-refractivity contribution is 7.80. The van der Waals surface area contributed by atoms with Crippen molar-refractivity contribution in [3.8, 4) is 5.75 Å². The molecule has 2 N–H and O–H groups in total. The van der Waals surface area contributed by atoms with Gasteiger partial charge in [0.2, 0.25) is 0 Å². The van der Waals surface area contributed by atoms with Crippen molar-refractivity contribution in [2.24, 2.45) is 0 Å². The Balaban J connectivity index is 1.35. The number of hydrogen-bond donors (Lipinski definition) is 2. The van der Waals surface area contributed by atoms with Crippen molar-refractivity contribution in [2.75, 3.05) is 11.9 Å². The minimum atomic E-state index is -0.197. The Morgan fingerprint density at radius 1 is 1.04 bits per heavy atom. The Labute approximate surface area is 160 Å². The highest BCUT2D eigenvalue weighted by atomic mass is 32.1. The molecule has 1 saturated carbocycles. The molecular weight excluding hydrogens is 347 g/mol. The van der Waals surface area contributed by atoms with Gasteiger partial charge in [0.05, 0.1) is 6.10 Å². The van der Waals surface area contributed by atoms with E-state index in [4.69, 9.17) is 17.0 Å². The minimum absolute atomic E-state index is 0.197. The molecule has 0 saturated heterocycles. The largest absolute Gasteiger partial charge is 0.490 e. The van der Waals surface area contributed by atoms with Crippen LogP contribution in [0.25, 0.3) is 0 Å². The lowest BCUT2D eigenvalue weighted by atomic mass is 10.1. The number of ether oxygens (including phenoxy) is 1. The molecule has 26 heavy (non-hydrogen) atoms. The van der Waals surface area contributed by atoms with E-state index in [2.05, 4.69) is 10.6 Å². The minimum Gasteiger partial charge on any atom is -0.490 e. The summed E-state index contributed by atoms with van der Waals surface area (Å²) in [7, 11) is 0. The first kappa shape index (κ1) is 18.6. The number of benzene rings is 2. The smallest absolute Gasteiger partial charge is 0.170 e. The van der Waals surface area contributed by atoms with Gasteiger partial charge in [0.1, 0.15) is 11.6 Å².